The first-order valence-corrected chi connectivity index (χ1v) is 19.2. The fourth-order valence-corrected chi connectivity index (χ4v) is 17.0. The van der Waals surface area contributed by atoms with Crippen LogP contribution in [0.3, 0.4) is 0 Å². The van der Waals surface area contributed by atoms with E-state index in [0.29, 0.717) is 0 Å². The Labute approximate surface area is 139 Å². The van der Waals surface area contributed by atoms with Gasteiger partial charge in [-0.1, -0.05) is 0 Å². The van der Waals surface area contributed by atoms with Gasteiger partial charge in [0.25, 0.3) is 0 Å². The topological polar surface area (TPSA) is 0 Å². The van der Waals surface area contributed by atoms with Crippen LogP contribution in [0.5, 0.6) is 0 Å². The van der Waals surface area contributed by atoms with Crippen molar-refractivity contribution in [1.82, 2.24) is 0 Å². The van der Waals surface area contributed by atoms with Gasteiger partial charge >= 0.3 is 140 Å². The first-order chi connectivity index (χ1) is 10.5. The fraction of sp³-hybridized carbons (Fsp3) is 0.158. The standard InChI is InChI=1S/C13H9.C5H5.CH3.2ClH.Zr/c1-3-7-12-10(5-1)9-11-6-2-4-8-13(11)12;1-2-4-5-3-1;;;;/h1-9H;1-5H;1H3;2*1H;/q;;;;;+2/p-2. The van der Waals surface area contributed by atoms with Gasteiger partial charge in [0.05, 0.1) is 0 Å². The summed E-state index contributed by atoms with van der Waals surface area (Å²) in [4.78, 5) is 0. The van der Waals surface area contributed by atoms with E-state index in [1.807, 2.05) is 0 Å². The summed E-state index contributed by atoms with van der Waals surface area (Å²) in [5, 5.41) is 0. The zero-order valence-electron chi connectivity index (χ0n) is 12.3. The molecule has 0 unspecified atom stereocenters. The molecule has 2 aromatic rings. The van der Waals surface area contributed by atoms with E-state index in [2.05, 4.69) is 77.5 Å². The van der Waals surface area contributed by atoms with Crippen molar-refractivity contribution in [1.29, 1.82) is 0 Å². The Morgan fingerprint density at radius 1 is 0.773 bits per heavy atom. The van der Waals surface area contributed by atoms with Gasteiger partial charge in [-0.15, -0.1) is 0 Å². The van der Waals surface area contributed by atoms with Crippen LogP contribution < -0.4 is 0 Å². The van der Waals surface area contributed by atoms with Crippen LogP contribution in [0.4, 0.5) is 0 Å². The van der Waals surface area contributed by atoms with Crippen LogP contribution in [0.2, 0.25) is 8.26 Å². The number of rotatable bonds is 2. The van der Waals surface area contributed by atoms with Crippen molar-refractivity contribution in [2.75, 3.05) is 0 Å². The molecule has 0 spiro atoms. The van der Waals surface area contributed by atoms with Crippen molar-refractivity contribution in [3.8, 4) is 11.1 Å². The van der Waals surface area contributed by atoms with Crippen molar-refractivity contribution in [3.05, 3.63) is 84.0 Å². The average molecular weight is 407 g/mol. The molecule has 0 radical (unpaired) electrons. The molecule has 0 saturated carbocycles. The molecular weight excluding hydrogens is 390 g/mol. The Hall–Kier alpha value is -0.617. The quantitative estimate of drug-likeness (QED) is 0.519. The van der Waals surface area contributed by atoms with Crippen molar-refractivity contribution < 1.29 is 16.4 Å². The molecule has 0 heterocycles. The number of hydrogen-bond acceptors (Lipinski definition) is 0. The molecule has 0 bridgehead atoms. The number of benzene rings is 2. The SMILES string of the molecule is [CH3][Zr]([Cl])([Cl])([CH]1C=CC=C1)[CH]1c2ccccc2-c2ccccc21. The average Bonchev–Trinajstić information content (AvgIpc) is 3.14. The third-order valence-corrected chi connectivity index (χ3v) is 20.2. The van der Waals surface area contributed by atoms with Crippen LogP contribution in [0.1, 0.15) is 14.8 Å². The maximum atomic E-state index is 7.33. The van der Waals surface area contributed by atoms with Crippen molar-refractivity contribution in [2.24, 2.45) is 0 Å². The third kappa shape index (κ3) is 2.06. The predicted molar refractivity (Wildman–Crippen MR) is 93.3 cm³/mol. The van der Waals surface area contributed by atoms with E-state index in [-0.39, 0.29) is 7.25 Å². The second kappa shape index (κ2) is 4.94. The van der Waals surface area contributed by atoms with Crippen LogP contribution in [-0.4, -0.2) is 0 Å². The minimum atomic E-state index is -4.10. The van der Waals surface area contributed by atoms with Gasteiger partial charge < -0.3 is 0 Å². The predicted octanol–water partition coefficient (Wildman–Crippen LogP) is 6.72. The fourth-order valence-electron chi connectivity index (χ4n) is 3.95. The molecule has 22 heavy (non-hydrogen) atoms. The van der Waals surface area contributed by atoms with Crippen molar-refractivity contribution in [3.63, 3.8) is 0 Å². The van der Waals surface area contributed by atoms with Gasteiger partial charge in [-0.2, -0.15) is 0 Å². The first-order valence-electron chi connectivity index (χ1n) is 7.60. The van der Waals surface area contributed by atoms with Crippen LogP contribution in [0.25, 0.3) is 11.1 Å². The van der Waals surface area contributed by atoms with E-state index in [1.165, 1.54) is 22.3 Å². The first kappa shape index (κ1) is 14.9. The van der Waals surface area contributed by atoms with Gasteiger partial charge in [0.1, 0.15) is 0 Å². The van der Waals surface area contributed by atoms with Gasteiger partial charge in [-0.3, -0.25) is 0 Å². The van der Waals surface area contributed by atoms with E-state index in [9.17, 15) is 0 Å². The molecule has 2 aliphatic carbocycles. The van der Waals surface area contributed by atoms with E-state index in [0.717, 1.165) is 0 Å². The van der Waals surface area contributed by atoms with Gasteiger partial charge in [0, 0.05) is 0 Å². The van der Waals surface area contributed by atoms with Crippen LogP contribution >= 0.6 is 17.0 Å². The maximum absolute atomic E-state index is 7.33. The second-order valence-corrected chi connectivity index (χ2v) is 30.6. The Morgan fingerprint density at radius 2 is 1.23 bits per heavy atom. The Balaban J connectivity index is 1.99. The van der Waals surface area contributed by atoms with Crippen LogP contribution in [0, 0.1) is 0 Å². The summed E-state index contributed by atoms with van der Waals surface area (Å²) in [6.45, 7) is 0. The molecule has 0 aromatic heterocycles. The van der Waals surface area contributed by atoms with Gasteiger partial charge in [-0.25, -0.2) is 0 Å². The molecule has 0 atom stereocenters. The summed E-state index contributed by atoms with van der Waals surface area (Å²) in [5.41, 5.74) is 5.18. The summed E-state index contributed by atoms with van der Waals surface area (Å²) >= 11 is -4.10. The number of hydrogen-bond donors (Lipinski definition) is 0. The number of fused-ring (bicyclic) bond motifs is 3. The van der Waals surface area contributed by atoms with Crippen LogP contribution in [0.15, 0.2) is 72.8 Å². The molecule has 3 heteroatoms. The third-order valence-electron chi connectivity index (χ3n) is 5.03. The van der Waals surface area contributed by atoms with Gasteiger partial charge in [0.15, 0.2) is 0 Å². The van der Waals surface area contributed by atoms with Gasteiger partial charge in [0.2, 0.25) is 0 Å². The Bertz CT molecular complexity index is 754. The van der Waals surface area contributed by atoms with Crippen LogP contribution in [-0.2, 0) is 16.4 Å². The molecular formula is C19H17Cl2Zr. The molecule has 0 nitrogen and oxygen atoms in total. The van der Waals surface area contributed by atoms with E-state index in [4.69, 9.17) is 17.0 Å². The summed E-state index contributed by atoms with van der Waals surface area (Å²) in [7, 11) is 14.7. The van der Waals surface area contributed by atoms with E-state index < -0.39 is 16.4 Å². The zero-order chi connectivity index (χ0) is 15.4. The summed E-state index contributed by atoms with van der Waals surface area (Å²) in [6, 6.07) is 17.1. The number of halogens is 2. The zero-order valence-corrected chi connectivity index (χ0v) is 16.3. The molecule has 0 amide bonds. The monoisotopic (exact) mass is 405 g/mol. The summed E-state index contributed by atoms with van der Waals surface area (Å²) < 4.78 is 2.50. The normalized spacial score (nSPS) is 19.0. The number of allylic oxidation sites excluding steroid dienone is 4. The summed E-state index contributed by atoms with van der Waals surface area (Å²) in [6.07, 6.45) is 8.49. The van der Waals surface area contributed by atoms with E-state index >= 15 is 0 Å². The molecule has 0 fully saturated rings. The molecule has 0 N–H and O–H groups in total. The molecule has 2 aromatic carbocycles. The Kier molecular flexibility index (Phi) is 3.35. The molecule has 0 aliphatic heterocycles. The molecule has 4 rings (SSSR count). The Morgan fingerprint density at radius 3 is 1.73 bits per heavy atom. The minimum absolute atomic E-state index is 0.148. The summed E-state index contributed by atoms with van der Waals surface area (Å²) in [5.74, 6) is 0. The molecule has 0 saturated heterocycles. The van der Waals surface area contributed by atoms with E-state index in [1.54, 1.807) is 0 Å². The second-order valence-electron chi connectivity index (χ2n) is 6.53. The molecule has 111 valence electrons. The van der Waals surface area contributed by atoms with Gasteiger partial charge in [-0.05, 0) is 0 Å². The van der Waals surface area contributed by atoms with Crippen molar-refractivity contribution >= 4 is 17.0 Å². The van der Waals surface area contributed by atoms with Crippen molar-refractivity contribution in [2.45, 2.75) is 11.9 Å². The molecule has 2 aliphatic rings.